The van der Waals surface area contributed by atoms with Crippen molar-refractivity contribution in [3.8, 4) is 0 Å². The Bertz CT molecular complexity index is 222. The normalized spacial score (nSPS) is 9.00. The molecule has 4 nitrogen and oxygen atoms in total. The summed E-state index contributed by atoms with van der Waals surface area (Å²) in [5, 5.41) is 0. The summed E-state index contributed by atoms with van der Waals surface area (Å²) in [6.45, 7) is 0. The molecule has 0 saturated heterocycles. The Hall–Kier alpha value is -1.32. The second kappa shape index (κ2) is 2.30. The second-order valence-electron chi connectivity index (χ2n) is 1.44. The Morgan fingerprint density at radius 2 is 2.56 bits per heavy atom. The van der Waals surface area contributed by atoms with Crippen molar-refractivity contribution >= 4 is 0 Å². The van der Waals surface area contributed by atoms with E-state index in [9.17, 15) is 4.79 Å². The highest BCUT2D eigenvalue weighted by molar-refractivity contribution is 4.78. The smallest absolute Gasteiger partial charge is 0.272 e. The van der Waals surface area contributed by atoms with Gasteiger partial charge < -0.3 is 4.84 Å². The van der Waals surface area contributed by atoms with Crippen LogP contribution in [0.2, 0.25) is 0 Å². The molecule has 48 valence electrons. The van der Waals surface area contributed by atoms with E-state index < -0.39 is 0 Å². The average molecular weight is 126 g/mol. The van der Waals surface area contributed by atoms with E-state index in [0.29, 0.717) is 0 Å². The fraction of sp³-hybridized carbons (Fsp3) is 0.200. The van der Waals surface area contributed by atoms with Crippen molar-refractivity contribution in [1.29, 1.82) is 0 Å². The summed E-state index contributed by atoms with van der Waals surface area (Å²) >= 11 is 0. The minimum Gasteiger partial charge on any atom is -0.416 e. The van der Waals surface area contributed by atoms with Gasteiger partial charge in [-0.25, -0.2) is 0 Å². The van der Waals surface area contributed by atoms with Gasteiger partial charge in [0.1, 0.15) is 13.4 Å². The molecule has 0 aliphatic heterocycles. The van der Waals surface area contributed by atoms with Crippen LogP contribution in [0.5, 0.6) is 0 Å². The van der Waals surface area contributed by atoms with Gasteiger partial charge >= 0.3 is 0 Å². The molecule has 0 radical (unpaired) electrons. The van der Waals surface area contributed by atoms with Crippen LogP contribution in [0.25, 0.3) is 0 Å². The van der Waals surface area contributed by atoms with Gasteiger partial charge in [0.15, 0.2) is 0 Å². The number of aromatic nitrogens is 2. The van der Waals surface area contributed by atoms with E-state index in [-0.39, 0.29) is 5.56 Å². The summed E-state index contributed by atoms with van der Waals surface area (Å²) in [7, 11) is 1.49. The first-order valence-corrected chi connectivity index (χ1v) is 2.42. The van der Waals surface area contributed by atoms with E-state index in [1.807, 2.05) is 0 Å². The van der Waals surface area contributed by atoms with Gasteiger partial charge in [-0.15, -0.1) is 0 Å². The number of nitrogens with zero attached hydrogens (tertiary/aromatic N) is 2. The van der Waals surface area contributed by atoms with Gasteiger partial charge in [-0.2, -0.15) is 9.71 Å². The van der Waals surface area contributed by atoms with Gasteiger partial charge in [-0.05, 0) is 0 Å². The summed E-state index contributed by atoms with van der Waals surface area (Å²) < 4.78 is 1.33. The highest BCUT2D eigenvalue weighted by Crippen LogP contribution is 1.71. The van der Waals surface area contributed by atoms with Crippen LogP contribution in [0.15, 0.2) is 23.4 Å². The average Bonchev–Trinajstić information content (AvgIpc) is 1.90. The molecule has 0 atom stereocenters. The predicted octanol–water partition coefficient (Wildman–Crippen LogP) is -0.698. The summed E-state index contributed by atoms with van der Waals surface area (Å²) in [6.07, 6.45) is 2.80. The van der Waals surface area contributed by atoms with Gasteiger partial charge in [-0.1, -0.05) is 0 Å². The molecule has 0 aromatic carbocycles. The third-order valence-electron chi connectivity index (χ3n) is 0.874. The van der Waals surface area contributed by atoms with Crippen LogP contribution in [0.4, 0.5) is 0 Å². The lowest BCUT2D eigenvalue weighted by Gasteiger charge is -1.98. The molecule has 1 aromatic rings. The molecule has 0 bridgehead atoms. The largest absolute Gasteiger partial charge is 0.416 e. The highest BCUT2D eigenvalue weighted by atomic mass is 16.6. The molecule has 0 fully saturated rings. The van der Waals surface area contributed by atoms with Gasteiger partial charge in [-0.3, -0.25) is 4.79 Å². The maximum Gasteiger partial charge on any atom is 0.272 e. The monoisotopic (exact) mass is 126 g/mol. The van der Waals surface area contributed by atoms with Crippen LogP contribution in [-0.2, 0) is 0 Å². The lowest BCUT2D eigenvalue weighted by Crippen LogP contribution is -2.12. The van der Waals surface area contributed by atoms with Crippen LogP contribution in [-0.4, -0.2) is 16.8 Å². The van der Waals surface area contributed by atoms with Crippen LogP contribution in [0.3, 0.4) is 0 Å². The van der Waals surface area contributed by atoms with Crippen molar-refractivity contribution in [2.24, 2.45) is 0 Å². The topological polar surface area (TPSA) is 44.1 Å². The molecule has 0 amide bonds. The summed E-state index contributed by atoms with van der Waals surface area (Å²) in [5.41, 5.74) is -0.261. The Kier molecular flexibility index (Phi) is 1.48. The van der Waals surface area contributed by atoms with Gasteiger partial charge in [0.25, 0.3) is 5.56 Å². The SMILES string of the molecule is COn1ccc(=O)nc1. The quantitative estimate of drug-likeness (QED) is 0.500. The van der Waals surface area contributed by atoms with Crippen LogP contribution < -0.4 is 10.4 Å². The molecular formula is C5H6N2O2. The third kappa shape index (κ3) is 1.28. The fourth-order valence-electron chi connectivity index (χ4n) is 0.441. The number of rotatable bonds is 1. The lowest BCUT2D eigenvalue weighted by molar-refractivity contribution is 0.162. The van der Waals surface area contributed by atoms with E-state index in [4.69, 9.17) is 0 Å². The molecular weight excluding hydrogens is 120 g/mol. The first-order chi connectivity index (χ1) is 4.33. The molecule has 0 unspecified atom stereocenters. The molecule has 4 heteroatoms. The molecule has 1 heterocycles. The van der Waals surface area contributed by atoms with Crippen molar-refractivity contribution < 1.29 is 4.84 Å². The maximum absolute atomic E-state index is 10.4. The van der Waals surface area contributed by atoms with Crippen molar-refractivity contribution in [1.82, 2.24) is 9.71 Å². The van der Waals surface area contributed by atoms with Crippen LogP contribution >= 0.6 is 0 Å². The van der Waals surface area contributed by atoms with Crippen molar-refractivity contribution in [3.63, 3.8) is 0 Å². The maximum atomic E-state index is 10.4. The Morgan fingerprint density at radius 1 is 1.78 bits per heavy atom. The zero-order chi connectivity index (χ0) is 6.69. The third-order valence-corrected chi connectivity index (χ3v) is 0.874. The molecule has 1 aromatic heterocycles. The molecule has 0 saturated carbocycles. The first-order valence-electron chi connectivity index (χ1n) is 2.42. The highest BCUT2D eigenvalue weighted by Gasteiger charge is 1.82. The summed E-state index contributed by atoms with van der Waals surface area (Å²) in [5.74, 6) is 0. The first kappa shape index (κ1) is 5.81. The predicted molar refractivity (Wildman–Crippen MR) is 31.0 cm³/mol. The lowest BCUT2D eigenvalue weighted by atomic mass is 10.7. The molecule has 0 spiro atoms. The molecule has 0 aliphatic rings. The molecule has 0 aliphatic carbocycles. The Morgan fingerprint density at radius 3 is 3.00 bits per heavy atom. The zero-order valence-electron chi connectivity index (χ0n) is 4.94. The van der Waals surface area contributed by atoms with Crippen molar-refractivity contribution in [3.05, 3.63) is 28.9 Å². The van der Waals surface area contributed by atoms with Gasteiger partial charge in [0, 0.05) is 6.07 Å². The Labute approximate surface area is 51.7 Å². The van der Waals surface area contributed by atoms with Gasteiger partial charge in [0.05, 0.1) is 6.20 Å². The zero-order valence-corrected chi connectivity index (χ0v) is 4.94. The fourth-order valence-corrected chi connectivity index (χ4v) is 0.441. The number of hydrogen-bond acceptors (Lipinski definition) is 3. The van der Waals surface area contributed by atoms with E-state index in [1.165, 1.54) is 30.4 Å². The Balaban J connectivity index is 3.02. The van der Waals surface area contributed by atoms with E-state index in [0.717, 1.165) is 0 Å². The van der Waals surface area contributed by atoms with Crippen molar-refractivity contribution in [2.45, 2.75) is 0 Å². The van der Waals surface area contributed by atoms with Crippen LogP contribution in [0.1, 0.15) is 0 Å². The van der Waals surface area contributed by atoms with Crippen molar-refractivity contribution in [2.75, 3.05) is 7.11 Å². The second-order valence-corrected chi connectivity index (χ2v) is 1.44. The molecule has 1 rings (SSSR count). The summed E-state index contributed by atoms with van der Waals surface area (Å²) in [4.78, 5) is 18.5. The minimum atomic E-state index is -0.261. The van der Waals surface area contributed by atoms with Crippen LogP contribution in [0, 0.1) is 0 Å². The van der Waals surface area contributed by atoms with E-state index in [2.05, 4.69) is 9.82 Å². The number of hydrogen-bond donors (Lipinski definition) is 0. The van der Waals surface area contributed by atoms with E-state index in [1.54, 1.807) is 0 Å². The van der Waals surface area contributed by atoms with E-state index >= 15 is 0 Å². The summed E-state index contributed by atoms with van der Waals surface area (Å²) in [6, 6.07) is 1.32. The molecule has 9 heavy (non-hydrogen) atoms. The van der Waals surface area contributed by atoms with Gasteiger partial charge in [0.2, 0.25) is 0 Å². The molecule has 0 N–H and O–H groups in total. The standard InChI is InChI=1S/C5H6N2O2/c1-9-7-3-2-5(8)6-4-7/h2-4H,1H3. The minimum absolute atomic E-state index is 0.261.